The largest absolute Gasteiger partial charge is 0.460 e. The van der Waals surface area contributed by atoms with Crippen molar-refractivity contribution >= 4 is 28.6 Å². The second kappa shape index (κ2) is 23.0. The Bertz CT molecular complexity index is 366. The van der Waals surface area contributed by atoms with E-state index in [1.807, 2.05) is 0 Å². The molecule has 0 unspecified atom stereocenters. The second-order valence-corrected chi connectivity index (χ2v) is 7.16. The molecule has 166 valence electrons. The molecule has 0 aromatic rings. The van der Waals surface area contributed by atoms with Gasteiger partial charge in [-0.3, -0.25) is 0 Å². The highest BCUT2D eigenvalue weighted by Gasteiger charge is 2.01. The Kier molecular flexibility index (Phi) is 22.8. The first-order chi connectivity index (χ1) is 13.7. The van der Waals surface area contributed by atoms with Crippen molar-refractivity contribution in [2.75, 3.05) is 77.1 Å². The van der Waals surface area contributed by atoms with Gasteiger partial charge in [0.05, 0.1) is 59.5 Å². The van der Waals surface area contributed by atoms with Crippen LogP contribution in [0.1, 0.15) is 32.6 Å². The topological polar surface area (TPSA) is 72.5 Å². The molecular weight excluding hydrogens is 479 g/mol. The van der Waals surface area contributed by atoms with Gasteiger partial charge in [0.15, 0.2) is 0 Å². The monoisotopic (exact) mass is 516 g/mol. The van der Waals surface area contributed by atoms with Gasteiger partial charge in [-0.1, -0.05) is 42.0 Å². The van der Waals surface area contributed by atoms with Gasteiger partial charge >= 0.3 is 5.97 Å². The summed E-state index contributed by atoms with van der Waals surface area (Å²) in [7, 11) is 0. The van der Waals surface area contributed by atoms with Gasteiger partial charge in [0.2, 0.25) is 0 Å². The minimum absolute atomic E-state index is 0.221. The van der Waals surface area contributed by atoms with Crippen molar-refractivity contribution in [3.05, 3.63) is 12.2 Å². The summed E-state index contributed by atoms with van der Waals surface area (Å²) < 4.78 is 33.2. The lowest BCUT2D eigenvalue weighted by Gasteiger charge is -2.08. The molecule has 0 rings (SSSR count). The van der Waals surface area contributed by atoms with E-state index in [1.165, 1.54) is 23.7 Å². The number of unbranched alkanes of at least 4 members (excludes halogenated alkanes) is 3. The zero-order valence-electron chi connectivity index (χ0n) is 17.3. The fraction of sp³-hybridized carbons (Fsp3) is 0.850. The van der Waals surface area contributed by atoms with E-state index in [-0.39, 0.29) is 6.61 Å². The number of halogens is 1. The van der Waals surface area contributed by atoms with Gasteiger partial charge in [-0.25, -0.2) is 4.79 Å². The van der Waals surface area contributed by atoms with Gasteiger partial charge in [0.1, 0.15) is 6.61 Å². The summed E-state index contributed by atoms with van der Waals surface area (Å²) in [6, 6.07) is 0. The van der Waals surface area contributed by atoms with E-state index in [0.717, 1.165) is 13.0 Å². The Morgan fingerprint density at radius 1 is 0.643 bits per heavy atom. The number of hydrogen-bond acceptors (Lipinski definition) is 7. The van der Waals surface area contributed by atoms with Gasteiger partial charge < -0.3 is 28.4 Å². The third-order valence-corrected chi connectivity index (χ3v) is 4.23. The number of alkyl halides is 1. The molecule has 0 atom stereocenters. The molecule has 0 amide bonds. The molecule has 0 saturated heterocycles. The smallest absolute Gasteiger partial charge is 0.333 e. The summed E-state index contributed by atoms with van der Waals surface area (Å²) in [5, 5.41) is 0. The van der Waals surface area contributed by atoms with Crippen molar-refractivity contribution in [2.45, 2.75) is 32.6 Å². The molecule has 0 aromatic heterocycles. The molecule has 0 heterocycles. The van der Waals surface area contributed by atoms with Gasteiger partial charge in [-0.2, -0.15) is 0 Å². The standard InChI is InChI=1S/C20H37IO7/c1-19(2)20(22)28-18-17-27-16-15-26-14-13-25-12-11-24-10-9-23-8-6-4-3-5-7-21/h1,3-18H2,2H3. The summed E-state index contributed by atoms with van der Waals surface area (Å²) in [6.45, 7) is 10.8. The Labute approximate surface area is 183 Å². The van der Waals surface area contributed by atoms with E-state index in [9.17, 15) is 4.79 Å². The molecule has 8 heteroatoms. The van der Waals surface area contributed by atoms with Crippen LogP contribution in [0.2, 0.25) is 0 Å². The average Bonchev–Trinajstić information content (AvgIpc) is 2.68. The summed E-state index contributed by atoms with van der Waals surface area (Å²) in [6.07, 6.45) is 4.98. The molecule has 0 spiro atoms. The molecule has 0 radical (unpaired) electrons. The maximum Gasteiger partial charge on any atom is 0.333 e. The summed E-state index contributed by atoms with van der Waals surface area (Å²) in [5.74, 6) is -0.397. The van der Waals surface area contributed by atoms with Crippen molar-refractivity contribution in [1.29, 1.82) is 0 Å². The summed E-state index contributed by atoms with van der Waals surface area (Å²) in [5.41, 5.74) is 0.384. The summed E-state index contributed by atoms with van der Waals surface area (Å²) >= 11 is 2.41. The van der Waals surface area contributed by atoms with E-state index in [4.69, 9.17) is 28.4 Å². The number of hydrogen-bond donors (Lipinski definition) is 0. The predicted molar refractivity (Wildman–Crippen MR) is 117 cm³/mol. The highest BCUT2D eigenvalue weighted by atomic mass is 127. The van der Waals surface area contributed by atoms with Crippen LogP contribution in [0.3, 0.4) is 0 Å². The third kappa shape index (κ3) is 22.0. The number of ether oxygens (including phenoxy) is 6. The van der Waals surface area contributed by atoms with Crippen LogP contribution in [0, 0.1) is 0 Å². The van der Waals surface area contributed by atoms with E-state index in [2.05, 4.69) is 29.2 Å². The fourth-order valence-electron chi connectivity index (χ4n) is 1.95. The maximum atomic E-state index is 11.1. The molecule has 0 bridgehead atoms. The van der Waals surface area contributed by atoms with Gasteiger partial charge in [0.25, 0.3) is 0 Å². The van der Waals surface area contributed by atoms with E-state index in [0.29, 0.717) is 65.0 Å². The zero-order valence-corrected chi connectivity index (χ0v) is 19.4. The highest BCUT2D eigenvalue weighted by Crippen LogP contribution is 2.02. The first-order valence-corrected chi connectivity index (χ1v) is 11.5. The lowest BCUT2D eigenvalue weighted by atomic mass is 10.2. The molecule has 0 aliphatic heterocycles. The van der Waals surface area contributed by atoms with Crippen LogP contribution >= 0.6 is 22.6 Å². The molecule has 28 heavy (non-hydrogen) atoms. The normalized spacial score (nSPS) is 10.9. The van der Waals surface area contributed by atoms with Gasteiger partial charge in [-0.05, 0) is 24.2 Å². The third-order valence-electron chi connectivity index (χ3n) is 3.47. The number of carbonyl (C=O) groups is 1. The van der Waals surface area contributed by atoms with Crippen molar-refractivity contribution in [1.82, 2.24) is 0 Å². The molecular formula is C20H37IO7. The van der Waals surface area contributed by atoms with Crippen molar-refractivity contribution < 1.29 is 33.2 Å². The molecule has 0 saturated carbocycles. The van der Waals surface area contributed by atoms with Crippen LogP contribution in [0.5, 0.6) is 0 Å². The number of esters is 1. The Morgan fingerprint density at radius 2 is 1.04 bits per heavy atom. The SMILES string of the molecule is C=C(C)C(=O)OCCOCCOCCOCCOCCOCCCCCCI. The van der Waals surface area contributed by atoms with Crippen LogP contribution in [-0.4, -0.2) is 83.1 Å². The number of carbonyl (C=O) groups excluding carboxylic acids is 1. The Hall–Kier alpha value is -0.260. The van der Waals surface area contributed by atoms with Gasteiger partial charge in [-0.15, -0.1) is 0 Å². The van der Waals surface area contributed by atoms with Crippen LogP contribution < -0.4 is 0 Å². The Morgan fingerprint density at radius 3 is 1.46 bits per heavy atom. The first kappa shape index (κ1) is 27.7. The first-order valence-electron chi connectivity index (χ1n) is 9.95. The quantitative estimate of drug-likeness (QED) is 0.0720. The van der Waals surface area contributed by atoms with Crippen LogP contribution in [0.15, 0.2) is 12.2 Å². The fourth-order valence-corrected chi connectivity index (χ4v) is 2.49. The lowest BCUT2D eigenvalue weighted by Crippen LogP contribution is -2.15. The second-order valence-electron chi connectivity index (χ2n) is 6.08. The predicted octanol–water partition coefficient (Wildman–Crippen LogP) is 3.18. The van der Waals surface area contributed by atoms with Gasteiger partial charge in [0, 0.05) is 12.2 Å². The molecule has 0 N–H and O–H groups in total. The van der Waals surface area contributed by atoms with E-state index in [1.54, 1.807) is 6.92 Å². The zero-order chi connectivity index (χ0) is 20.7. The van der Waals surface area contributed by atoms with Crippen LogP contribution in [0.4, 0.5) is 0 Å². The maximum absolute atomic E-state index is 11.1. The minimum Gasteiger partial charge on any atom is -0.460 e. The molecule has 0 aromatic carbocycles. The minimum atomic E-state index is -0.397. The molecule has 0 aliphatic carbocycles. The van der Waals surface area contributed by atoms with Crippen molar-refractivity contribution in [2.24, 2.45) is 0 Å². The molecule has 0 fully saturated rings. The highest BCUT2D eigenvalue weighted by molar-refractivity contribution is 14.1. The molecule has 7 nitrogen and oxygen atoms in total. The van der Waals surface area contributed by atoms with Crippen molar-refractivity contribution in [3.63, 3.8) is 0 Å². The van der Waals surface area contributed by atoms with Crippen LogP contribution in [0.25, 0.3) is 0 Å². The average molecular weight is 516 g/mol. The van der Waals surface area contributed by atoms with Crippen LogP contribution in [-0.2, 0) is 33.2 Å². The lowest BCUT2D eigenvalue weighted by molar-refractivity contribution is -0.140. The van der Waals surface area contributed by atoms with E-state index < -0.39 is 5.97 Å². The van der Waals surface area contributed by atoms with Crippen molar-refractivity contribution in [3.8, 4) is 0 Å². The number of rotatable bonds is 22. The summed E-state index contributed by atoms with van der Waals surface area (Å²) in [4.78, 5) is 11.1. The van der Waals surface area contributed by atoms with E-state index >= 15 is 0 Å². The molecule has 0 aliphatic rings. The Balaban J connectivity index is 3.05.